The van der Waals surface area contributed by atoms with E-state index >= 15 is 0 Å². The van der Waals surface area contributed by atoms with Crippen molar-refractivity contribution in [3.8, 4) is 0 Å². The highest BCUT2D eigenvalue weighted by Gasteiger charge is 2.71. The van der Waals surface area contributed by atoms with E-state index in [1.54, 1.807) is 0 Å². The molecule has 0 amide bonds. The first-order valence-electron chi connectivity index (χ1n) is 9.31. The molecule has 25 heavy (non-hydrogen) atoms. The number of aliphatic hydroxyl groups excluding tert-OH is 1. The number of nitrogens with zero attached hydrogens (tertiary/aromatic N) is 1. The van der Waals surface area contributed by atoms with Crippen LogP contribution in [0.4, 0.5) is 13.2 Å². The van der Waals surface area contributed by atoms with Gasteiger partial charge in [-0.05, 0) is 61.9 Å². The van der Waals surface area contributed by atoms with Crippen molar-refractivity contribution >= 4 is 0 Å². The highest BCUT2D eigenvalue weighted by molar-refractivity contribution is 5.31. The predicted octanol–water partition coefficient (Wildman–Crippen LogP) is 4.23. The van der Waals surface area contributed by atoms with Crippen LogP contribution in [0.25, 0.3) is 0 Å². The molecule has 4 aliphatic rings. The molecule has 138 valence electrons. The molecule has 0 heterocycles. The van der Waals surface area contributed by atoms with Crippen molar-refractivity contribution in [1.29, 1.82) is 0 Å². The topological polar surface area (TPSA) is 23.5 Å². The third kappa shape index (κ3) is 3.10. The zero-order valence-electron chi connectivity index (χ0n) is 14.6. The van der Waals surface area contributed by atoms with Gasteiger partial charge < -0.3 is 5.11 Å². The first-order chi connectivity index (χ1) is 11.8. The molecule has 5 heteroatoms. The SMILES string of the molecule is CC1=CC=CC(CN(CC(O)C(F)(F)F)C2CC34CC3CCC24)=CC1. The van der Waals surface area contributed by atoms with Gasteiger partial charge in [0.25, 0.3) is 0 Å². The Kier molecular flexibility index (Phi) is 4.15. The van der Waals surface area contributed by atoms with E-state index in [9.17, 15) is 18.3 Å². The second-order valence-electron chi connectivity index (χ2n) is 8.43. The minimum absolute atomic E-state index is 0.191. The predicted molar refractivity (Wildman–Crippen MR) is 90.9 cm³/mol. The van der Waals surface area contributed by atoms with Crippen LogP contribution in [0.1, 0.15) is 39.0 Å². The molecule has 1 N–H and O–H groups in total. The lowest BCUT2D eigenvalue weighted by molar-refractivity contribution is -0.212. The molecule has 0 aromatic carbocycles. The Hall–Kier alpha value is -1.07. The zero-order chi connectivity index (χ0) is 17.8. The summed E-state index contributed by atoms with van der Waals surface area (Å²) in [7, 11) is 0. The second kappa shape index (κ2) is 5.98. The van der Waals surface area contributed by atoms with Crippen molar-refractivity contribution < 1.29 is 18.3 Å². The maximum atomic E-state index is 12.9. The van der Waals surface area contributed by atoms with Crippen LogP contribution in [0.15, 0.2) is 35.5 Å². The fourth-order valence-electron chi connectivity index (χ4n) is 5.40. The Morgan fingerprint density at radius 1 is 1.32 bits per heavy atom. The van der Waals surface area contributed by atoms with Crippen LogP contribution in [0.5, 0.6) is 0 Å². The van der Waals surface area contributed by atoms with Crippen molar-refractivity contribution in [3.05, 3.63) is 35.5 Å². The third-order valence-corrected chi connectivity index (χ3v) is 6.91. The van der Waals surface area contributed by atoms with Crippen molar-refractivity contribution in [3.63, 3.8) is 0 Å². The zero-order valence-corrected chi connectivity index (χ0v) is 14.6. The summed E-state index contributed by atoms with van der Waals surface area (Å²) in [4.78, 5) is 1.91. The Bertz CT molecular complexity index is 633. The van der Waals surface area contributed by atoms with Gasteiger partial charge in [-0.25, -0.2) is 0 Å². The van der Waals surface area contributed by atoms with E-state index in [0.717, 1.165) is 30.8 Å². The minimum atomic E-state index is -4.55. The number of hydrogen-bond acceptors (Lipinski definition) is 2. The van der Waals surface area contributed by atoms with Gasteiger partial charge >= 0.3 is 6.18 Å². The first kappa shape index (κ1) is 17.3. The van der Waals surface area contributed by atoms with Gasteiger partial charge in [0.2, 0.25) is 0 Å². The van der Waals surface area contributed by atoms with Gasteiger partial charge in [-0.2, -0.15) is 13.2 Å². The molecule has 4 rings (SSSR count). The normalized spacial score (nSPS) is 37.6. The maximum absolute atomic E-state index is 12.9. The minimum Gasteiger partial charge on any atom is -0.382 e. The van der Waals surface area contributed by atoms with E-state index in [1.165, 1.54) is 18.4 Å². The monoisotopic (exact) mass is 353 g/mol. The van der Waals surface area contributed by atoms with Gasteiger partial charge in [0, 0.05) is 19.1 Å². The maximum Gasteiger partial charge on any atom is 0.415 e. The second-order valence-corrected chi connectivity index (χ2v) is 8.43. The van der Waals surface area contributed by atoms with E-state index in [0.29, 0.717) is 17.9 Å². The number of aliphatic hydroxyl groups is 1. The smallest absolute Gasteiger partial charge is 0.382 e. The van der Waals surface area contributed by atoms with Crippen LogP contribution in [0.3, 0.4) is 0 Å². The highest BCUT2D eigenvalue weighted by atomic mass is 19.4. The first-order valence-corrected chi connectivity index (χ1v) is 9.31. The molecule has 0 aromatic rings. The summed E-state index contributed by atoms with van der Waals surface area (Å²) < 4.78 is 38.8. The number of rotatable bonds is 5. The lowest BCUT2D eigenvalue weighted by atomic mass is 9.66. The average molecular weight is 353 g/mol. The average Bonchev–Trinajstić information content (AvgIpc) is 3.22. The molecule has 5 unspecified atom stereocenters. The summed E-state index contributed by atoms with van der Waals surface area (Å²) in [6.45, 7) is 2.23. The van der Waals surface area contributed by atoms with Crippen molar-refractivity contribution in [2.45, 2.75) is 57.3 Å². The molecule has 0 bridgehead atoms. The fraction of sp³-hybridized carbons (Fsp3) is 0.700. The Balaban J connectivity index is 1.48. The largest absolute Gasteiger partial charge is 0.415 e. The molecular formula is C20H26F3NO. The van der Waals surface area contributed by atoms with E-state index in [-0.39, 0.29) is 12.6 Å². The van der Waals surface area contributed by atoms with Crippen molar-refractivity contribution in [2.75, 3.05) is 13.1 Å². The molecule has 3 fully saturated rings. The van der Waals surface area contributed by atoms with Crippen molar-refractivity contribution in [2.24, 2.45) is 17.3 Å². The van der Waals surface area contributed by atoms with Gasteiger partial charge in [0.1, 0.15) is 0 Å². The molecule has 4 aliphatic carbocycles. The molecule has 1 spiro atoms. The van der Waals surface area contributed by atoms with E-state index in [1.807, 2.05) is 23.1 Å². The van der Waals surface area contributed by atoms with E-state index in [4.69, 9.17) is 0 Å². The molecule has 0 radical (unpaired) electrons. The number of alkyl halides is 3. The van der Waals surface area contributed by atoms with Gasteiger partial charge in [-0.3, -0.25) is 4.90 Å². The van der Waals surface area contributed by atoms with Crippen LogP contribution in [0, 0.1) is 17.3 Å². The molecule has 5 atom stereocenters. The van der Waals surface area contributed by atoms with E-state index < -0.39 is 12.3 Å². The highest BCUT2D eigenvalue weighted by Crippen LogP contribution is 2.76. The summed E-state index contributed by atoms with van der Waals surface area (Å²) in [5, 5.41) is 9.65. The fourth-order valence-corrected chi connectivity index (χ4v) is 5.40. The molecular weight excluding hydrogens is 327 g/mol. The van der Waals surface area contributed by atoms with Crippen LogP contribution < -0.4 is 0 Å². The summed E-state index contributed by atoms with van der Waals surface area (Å²) in [6.07, 6.45) is 6.79. The number of hydrogen-bond donors (Lipinski definition) is 1. The van der Waals surface area contributed by atoms with Crippen LogP contribution in [-0.4, -0.2) is 41.4 Å². The van der Waals surface area contributed by atoms with Crippen LogP contribution >= 0.6 is 0 Å². The van der Waals surface area contributed by atoms with Crippen molar-refractivity contribution in [1.82, 2.24) is 4.90 Å². The Labute approximate surface area is 147 Å². The molecule has 3 saturated carbocycles. The third-order valence-electron chi connectivity index (χ3n) is 6.91. The molecule has 2 nitrogen and oxygen atoms in total. The van der Waals surface area contributed by atoms with Gasteiger partial charge in [0.15, 0.2) is 6.10 Å². The van der Waals surface area contributed by atoms with Crippen LogP contribution in [-0.2, 0) is 0 Å². The lowest BCUT2D eigenvalue weighted by Crippen LogP contribution is -2.56. The molecule has 0 aromatic heterocycles. The molecule has 0 saturated heterocycles. The standard InChI is InChI=1S/C20H26F3NO/c1-13-3-2-4-14(6-5-13)11-24(12-18(25)20(21,22)23)17-10-19-9-15(19)7-8-16(17)19/h2-4,6,15-18,25H,5,7-12H2,1H3. The Morgan fingerprint density at radius 3 is 2.80 bits per heavy atom. The Morgan fingerprint density at radius 2 is 2.12 bits per heavy atom. The summed E-state index contributed by atoms with van der Waals surface area (Å²) in [6, 6.07) is 0.191. The quantitative estimate of drug-likeness (QED) is 0.799. The van der Waals surface area contributed by atoms with Gasteiger partial charge in [-0.1, -0.05) is 29.9 Å². The van der Waals surface area contributed by atoms with Gasteiger partial charge in [0.05, 0.1) is 0 Å². The van der Waals surface area contributed by atoms with Crippen LogP contribution in [0.2, 0.25) is 0 Å². The van der Waals surface area contributed by atoms with E-state index in [2.05, 4.69) is 13.0 Å². The summed E-state index contributed by atoms with van der Waals surface area (Å²) >= 11 is 0. The molecule has 0 aliphatic heterocycles. The number of halogens is 3. The van der Waals surface area contributed by atoms with Gasteiger partial charge in [-0.15, -0.1) is 0 Å². The summed E-state index contributed by atoms with van der Waals surface area (Å²) in [5.41, 5.74) is 2.75. The number of allylic oxidation sites excluding steroid dienone is 4. The summed E-state index contributed by atoms with van der Waals surface area (Å²) in [5.74, 6) is 1.36. The lowest BCUT2D eigenvalue weighted by Gasteiger charge is -2.50.